The SMILES string of the molecule is Cn1c(-c2ccccc2)nnc1C1SCCCS1. The molecular weight excluding hydrogens is 262 g/mol. The molecule has 18 heavy (non-hydrogen) atoms. The van der Waals surface area contributed by atoms with E-state index < -0.39 is 0 Å². The molecule has 0 aliphatic carbocycles. The third kappa shape index (κ3) is 2.29. The standard InChI is InChI=1S/C13H15N3S2/c1-16-11(10-6-3-2-4-7-10)14-15-12(16)13-17-8-5-9-18-13/h2-4,6-7,13H,5,8-9H2,1H3. The van der Waals surface area contributed by atoms with Crippen LogP contribution in [0.3, 0.4) is 0 Å². The van der Waals surface area contributed by atoms with Gasteiger partial charge in [0.25, 0.3) is 0 Å². The van der Waals surface area contributed by atoms with E-state index in [1.54, 1.807) is 0 Å². The molecule has 94 valence electrons. The molecule has 1 fully saturated rings. The van der Waals surface area contributed by atoms with Crippen molar-refractivity contribution in [1.82, 2.24) is 14.8 Å². The van der Waals surface area contributed by atoms with Crippen LogP contribution in [0.1, 0.15) is 16.8 Å². The highest BCUT2D eigenvalue weighted by molar-refractivity contribution is 8.16. The van der Waals surface area contributed by atoms with Gasteiger partial charge in [-0.25, -0.2) is 0 Å². The van der Waals surface area contributed by atoms with Crippen molar-refractivity contribution in [2.75, 3.05) is 11.5 Å². The molecule has 1 aliphatic rings. The Balaban J connectivity index is 1.92. The van der Waals surface area contributed by atoms with Crippen molar-refractivity contribution in [1.29, 1.82) is 0 Å². The molecule has 2 heterocycles. The molecule has 0 bridgehead atoms. The Kier molecular flexibility index (Phi) is 3.61. The zero-order valence-electron chi connectivity index (χ0n) is 10.2. The van der Waals surface area contributed by atoms with E-state index in [2.05, 4.69) is 33.9 Å². The maximum Gasteiger partial charge on any atom is 0.163 e. The third-order valence-corrected chi connectivity index (χ3v) is 5.87. The zero-order chi connectivity index (χ0) is 12.4. The maximum absolute atomic E-state index is 4.39. The molecule has 0 saturated carbocycles. The summed E-state index contributed by atoms with van der Waals surface area (Å²) in [5, 5.41) is 8.73. The van der Waals surface area contributed by atoms with Gasteiger partial charge >= 0.3 is 0 Å². The van der Waals surface area contributed by atoms with E-state index >= 15 is 0 Å². The van der Waals surface area contributed by atoms with Crippen LogP contribution >= 0.6 is 23.5 Å². The van der Waals surface area contributed by atoms with E-state index in [-0.39, 0.29) is 0 Å². The lowest BCUT2D eigenvalue weighted by atomic mass is 10.2. The Morgan fingerprint density at radius 1 is 1.11 bits per heavy atom. The maximum atomic E-state index is 4.39. The number of benzene rings is 1. The van der Waals surface area contributed by atoms with E-state index in [0.717, 1.165) is 17.2 Å². The number of rotatable bonds is 2. The molecule has 0 spiro atoms. The Hall–Kier alpha value is -0.940. The predicted molar refractivity (Wildman–Crippen MR) is 78.7 cm³/mol. The van der Waals surface area contributed by atoms with Crippen LogP contribution in [0.4, 0.5) is 0 Å². The van der Waals surface area contributed by atoms with Gasteiger partial charge in [0.1, 0.15) is 4.58 Å². The summed E-state index contributed by atoms with van der Waals surface area (Å²) in [6.07, 6.45) is 1.30. The van der Waals surface area contributed by atoms with E-state index in [4.69, 9.17) is 0 Å². The summed E-state index contributed by atoms with van der Waals surface area (Å²) >= 11 is 3.96. The van der Waals surface area contributed by atoms with Gasteiger partial charge in [-0.15, -0.1) is 33.7 Å². The lowest BCUT2D eigenvalue weighted by Crippen LogP contribution is -2.06. The Morgan fingerprint density at radius 3 is 2.56 bits per heavy atom. The fraction of sp³-hybridized carbons (Fsp3) is 0.385. The van der Waals surface area contributed by atoms with Gasteiger partial charge in [0, 0.05) is 12.6 Å². The second kappa shape index (κ2) is 5.36. The molecule has 5 heteroatoms. The van der Waals surface area contributed by atoms with Crippen LogP contribution in [-0.4, -0.2) is 26.3 Å². The molecule has 0 unspecified atom stereocenters. The first-order chi connectivity index (χ1) is 8.86. The Morgan fingerprint density at radius 2 is 1.83 bits per heavy atom. The first-order valence-electron chi connectivity index (χ1n) is 6.04. The minimum absolute atomic E-state index is 0.439. The number of aromatic nitrogens is 3. The molecule has 3 rings (SSSR count). The molecule has 0 N–H and O–H groups in total. The summed E-state index contributed by atoms with van der Waals surface area (Å²) in [5.74, 6) is 4.50. The topological polar surface area (TPSA) is 30.7 Å². The first kappa shape index (κ1) is 12.1. The highest BCUT2D eigenvalue weighted by atomic mass is 32.2. The second-order valence-electron chi connectivity index (χ2n) is 4.23. The van der Waals surface area contributed by atoms with Gasteiger partial charge in [-0.1, -0.05) is 30.3 Å². The van der Waals surface area contributed by atoms with Crippen molar-refractivity contribution in [2.45, 2.75) is 11.0 Å². The predicted octanol–water partition coefficient (Wildman–Crippen LogP) is 3.35. The monoisotopic (exact) mass is 277 g/mol. The van der Waals surface area contributed by atoms with Crippen LogP contribution in [0.2, 0.25) is 0 Å². The van der Waals surface area contributed by atoms with Crippen LogP contribution in [0.15, 0.2) is 30.3 Å². The van der Waals surface area contributed by atoms with Gasteiger partial charge in [0.05, 0.1) is 0 Å². The lowest BCUT2D eigenvalue weighted by molar-refractivity contribution is 0.847. The number of thioether (sulfide) groups is 2. The van der Waals surface area contributed by atoms with Gasteiger partial charge in [-0.05, 0) is 17.9 Å². The normalized spacial score (nSPS) is 16.9. The van der Waals surface area contributed by atoms with E-state index in [1.807, 2.05) is 41.7 Å². The highest BCUT2D eigenvalue weighted by Gasteiger charge is 2.23. The van der Waals surface area contributed by atoms with E-state index in [9.17, 15) is 0 Å². The van der Waals surface area contributed by atoms with Gasteiger partial charge in [-0.3, -0.25) is 0 Å². The van der Waals surface area contributed by atoms with Crippen LogP contribution < -0.4 is 0 Å². The molecule has 1 aromatic carbocycles. The van der Waals surface area contributed by atoms with Crippen LogP contribution in [0, 0.1) is 0 Å². The number of nitrogens with zero attached hydrogens (tertiary/aromatic N) is 3. The van der Waals surface area contributed by atoms with Crippen molar-refractivity contribution >= 4 is 23.5 Å². The summed E-state index contributed by atoms with van der Waals surface area (Å²) in [6, 6.07) is 10.2. The van der Waals surface area contributed by atoms with Gasteiger partial charge < -0.3 is 4.57 Å². The second-order valence-corrected chi connectivity index (χ2v) is 6.96. The average Bonchev–Trinajstić information content (AvgIpc) is 2.83. The molecule has 0 atom stereocenters. The quantitative estimate of drug-likeness (QED) is 0.842. The first-order valence-corrected chi connectivity index (χ1v) is 8.14. The molecule has 2 aromatic rings. The summed E-state index contributed by atoms with van der Waals surface area (Å²) in [6.45, 7) is 0. The molecule has 0 radical (unpaired) electrons. The van der Waals surface area contributed by atoms with Crippen LogP contribution in [-0.2, 0) is 7.05 Å². The molecule has 1 aliphatic heterocycles. The van der Waals surface area contributed by atoms with Gasteiger partial charge in [0.15, 0.2) is 11.6 Å². The molecule has 3 nitrogen and oxygen atoms in total. The van der Waals surface area contributed by atoms with Crippen molar-refractivity contribution in [3.05, 3.63) is 36.2 Å². The van der Waals surface area contributed by atoms with Crippen molar-refractivity contribution < 1.29 is 0 Å². The summed E-state index contributed by atoms with van der Waals surface area (Å²) in [5.41, 5.74) is 1.13. The van der Waals surface area contributed by atoms with Gasteiger partial charge in [-0.2, -0.15) is 0 Å². The Bertz CT molecular complexity index is 518. The Labute approximate surface area is 115 Å². The third-order valence-electron chi connectivity index (χ3n) is 2.98. The average molecular weight is 277 g/mol. The summed E-state index contributed by atoms with van der Waals surface area (Å²) in [7, 11) is 2.06. The molecule has 1 saturated heterocycles. The van der Waals surface area contributed by atoms with Crippen molar-refractivity contribution in [2.24, 2.45) is 7.05 Å². The molecule has 0 amide bonds. The molecular formula is C13H15N3S2. The summed E-state index contributed by atoms with van der Waals surface area (Å²) < 4.78 is 2.57. The van der Waals surface area contributed by atoms with Crippen LogP contribution in [0.5, 0.6) is 0 Å². The van der Waals surface area contributed by atoms with Gasteiger partial charge in [0.2, 0.25) is 0 Å². The molecule has 1 aromatic heterocycles. The minimum atomic E-state index is 0.439. The van der Waals surface area contributed by atoms with E-state index in [1.165, 1.54) is 17.9 Å². The van der Waals surface area contributed by atoms with Crippen LogP contribution in [0.25, 0.3) is 11.4 Å². The van der Waals surface area contributed by atoms with Crippen molar-refractivity contribution in [3.63, 3.8) is 0 Å². The van der Waals surface area contributed by atoms with Crippen molar-refractivity contribution in [3.8, 4) is 11.4 Å². The van der Waals surface area contributed by atoms with E-state index in [0.29, 0.717) is 4.58 Å². The summed E-state index contributed by atoms with van der Waals surface area (Å²) in [4.78, 5) is 0. The largest absolute Gasteiger partial charge is 0.312 e. The number of hydrogen-bond acceptors (Lipinski definition) is 4. The number of hydrogen-bond donors (Lipinski definition) is 0. The highest BCUT2D eigenvalue weighted by Crippen LogP contribution is 2.43. The zero-order valence-corrected chi connectivity index (χ0v) is 11.9. The fourth-order valence-electron chi connectivity index (χ4n) is 2.02. The smallest absolute Gasteiger partial charge is 0.163 e. The fourth-order valence-corrected chi connectivity index (χ4v) is 4.93. The lowest BCUT2D eigenvalue weighted by Gasteiger charge is -2.19. The minimum Gasteiger partial charge on any atom is -0.312 e.